The van der Waals surface area contributed by atoms with Crippen molar-refractivity contribution in [2.24, 2.45) is 11.3 Å². The van der Waals surface area contributed by atoms with Gasteiger partial charge in [-0.2, -0.15) is 0 Å². The summed E-state index contributed by atoms with van der Waals surface area (Å²) in [6.45, 7) is 12.5. The van der Waals surface area contributed by atoms with Gasteiger partial charge in [0.1, 0.15) is 0 Å². The summed E-state index contributed by atoms with van der Waals surface area (Å²) in [5.41, 5.74) is 3.09. The third-order valence-electron chi connectivity index (χ3n) is 4.93. The van der Waals surface area contributed by atoms with Gasteiger partial charge in [-0.25, -0.2) is 0 Å². The van der Waals surface area contributed by atoms with Crippen LogP contribution in [0.5, 0.6) is 0 Å². The van der Waals surface area contributed by atoms with Crippen molar-refractivity contribution in [3.05, 3.63) is 35.4 Å². The molecule has 0 aromatic heterocycles. The van der Waals surface area contributed by atoms with Gasteiger partial charge in [0, 0.05) is 32.6 Å². The summed E-state index contributed by atoms with van der Waals surface area (Å²) >= 11 is 0. The number of fused-ring (bicyclic) bond motifs is 1. The van der Waals surface area contributed by atoms with Crippen LogP contribution in [0.4, 0.5) is 0 Å². The number of carbonyl (C=O) groups excluding carboxylic acids is 1. The summed E-state index contributed by atoms with van der Waals surface area (Å²) in [5.74, 6) is 0.578. The number of carbonyl (C=O) groups is 1. The number of nitrogens with zero attached hydrogens (tertiary/aromatic N) is 1. The van der Waals surface area contributed by atoms with Crippen LogP contribution in [0.3, 0.4) is 0 Å². The van der Waals surface area contributed by atoms with Gasteiger partial charge in [0.2, 0.25) is 5.91 Å². The van der Waals surface area contributed by atoms with Crippen LogP contribution in [0.1, 0.15) is 45.2 Å². The van der Waals surface area contributed by atoms with Crippen molar-refractivity contribution in [3.8, 4) is 0 Å². The molecular weight excluding hydrogens is 272 g/mol. The smallest absolute Gasteiger partial charge is 0.220 e. The zero-order chi connectivity index (χ0) is 16.2. The molecule has 1 aliphatic heterocycles. The number of nitrogens with one attached hydrogen (secondary N) is 1. The second-order valence-corrected chi connectivity index (χ2v) is 7.62. The van der Waals surface area contributed by atoms with E-state index in [2.05, 4.69) is 62.2 Å². The summed E-state index contributed by atoms with van der Waals surface area (Å²) in [5, 5.41) is 3.08. The Kier molecular flexibility index (Phi) is 5.63. The Morgan fingerprint density at radius 2 is 1.95 bits per heavy atom. The van der Waals surface area contributed by atoms with Gasteiger partial charge in [-0.05, 0) is 28.9 Å². The molecule has 1 atom stereocenters. The Labute approximate surface area is 135 Å². The van der Waals surface area contributed by atoms with Gasteiger partial charge >= 0.3 is 0 Å². The Morgan fingerprint density at radius 1 is 1.27 bits per heavy atom. The lowest BCUT2D eigenvalue weighted by molar-refractivity contribution is -0.122. The molecule has 1 heterocycles. The van der Waals surface area contributed by atoms with Crippen LogP contribution in [0.15, 0.2) is 24.3 Å². The van der Waals surface area contributed by atoms with Crippen molar-refractivity contribution in [2.75, 3.05) is 19.6 Å². The quantitative estimate of drug-likeness (QED) is 0.905. The Morgan fingerprint density at radius 3 is 2.64 bits per heavy atom. The lowest BCUT2D eigenvalue weighted by Crippen LogP contribution is -2.38. The van der Waals surface area contributed by atoms with Crippen LogP contribution in [-0.4, -0.2) is 30.4 Å². The Hall–Kier alpha value is -1.35. The van der Waals surface area contributed by atoms with E-state index in [1.165, 1.54) is 11.1 Å². The van der Waals surface area contributed by atoms with Gasteiger partial charge in [-0.1, -0.05) is 52.0 Å². The molecule has 0 saturated carbocycles. The third-order valence-corrected chi connectivity index (χ3v) is 4.93. The normalized spacial score (nSPS) is 16.9. The van der Waals surface area contributed by atoms with Crippen LogP contribution < -0.4 is 5.32 Å². The minimum atomic E-state index is 0.180. The van der Waals surface area contributed by atoms with Crippen molar-refractivity contribution >= 4 is 5.91 Å². The SMILES string of the molecule is CC(CC(=O)NCCN1CCc2ccccc2C1)C(C)(C)C. The van der Waals surface area contributed by atoms with Gasteiger partial charge in [-0.15, -0.1) is 0 Å². The van der Waals surface area contributed by atoms with Gasteiger partial charge in [0.25, 0.3) is 0 Å². The molecule has 0 saturated heterocycles. The van der Waals surface area contributed by atoms with Crippen LogP contribution in [0, 0.1) is 11.3 Å². The summed E-state index contributed by atoms with van der Waals surface area (Å²) in [6, 6.07) is 8.66. The molecule has 1 aliphatic rings. The molecule has 1 N–H and O–H groups in total. The molecule has 0 aliphatic carbocycles. The maximum Gasteiger partial charge on any atom is 0.220 e. The van der Waals surface area contributed by atoms with Crippen molar-refractivity contribution in [1.82, 2.24) is 10.2 Å². The lowest BCUT2D eigenvalue weighted by Gasteiger charge is -2.29. The molecule has 3 heteroatoms. The molecule has 0 radical (unpaired) electrons. The van der Waals surface area contributed by atoms with E-state index < -0.39 is 0 Å². The van der Waals surface area contributed by atoms with Crippen molar-refractivity contribution in [2.45, 2.75) is 47.1 Å². The standard InChI is InChI=1S/C19H30N2O/c1-15(19(2,3)4)13-18(22)20-10-12-21-11-9-16-7-5-6-8-17(16)14-21/h5-8,15H,9-14H2,1-4H3,(H,20,22). The number of rotatable bonds is 5. The molecule has 1 aromatic rings. The monoisotopic (exact) mass is 302 g/mol. The molecule has 1 amide bonds. The Bertz CT molecular complexity index is 504. The van der Waals surface area contributed by atoms with E-state index in [1.54, 1.807) is 0 Å². The van der Waals surface area contributed by atoms with Crippen molar-refractivity contribution in [3.63, 3.8) is 0 Å². The van der Waals surface area contributed by atoms with Gasteiger partial charge < -0.3 is 5.32 Å². The molecule has 22 heavy (non-hydrogen) atoms. The fourth-order valence-electron chi connectivity index (χ4n) is 2.75. The fourth-order valence-corrected chi connectivity index (χ4v) is 2.75. The van der Waals surface area contributed by atoms with Crippen molar-refractivity contribution in [1.29, 1.82) is 0 Å². The van der Waals surface area contributed by atoms with Crippen molar-refractivity contribution < 1.29 is 4.79 Å². The highest BCUT2D eigenvalue weighted by Gasteiger charge is 2.22. The number of amides is 1. The molecule has 2 rings (SSSR count). The summed E-state index contributed by atoms with van der Waals surface area (Å²) in [7, 11) is 0. The van der Waals surface area contributed by atoms with Crippen LogP contribution in [0.25, 0.3) is 0 Å². The first-order chi connectivity index (χ1) is 10.4. The van der Waals surface area contributed by atoms with E-state index in [4.69, 9.17) is 0 Å². The largest absolute Gasteiger partial charge is 0.355 e. The van der Waals surface area contributed by atoms with Gasteiger partial charge in [0.05, 0.1) is 0 Å². The molecule has 1 aromatic carbocycles. The summed E-state index contributed by atoms with van der Waals surface area (Å²) in [4.78, 5) is 14.4. The maximum atomic E-state index is 12.0. The summed E-state index contributed by atoms with van der Waals surface area (Å²) < 4.78 is 0. The highest BCUT2D eigenvalue weighted by molar-refractivity contribution is 5.76. The first-order valence-electron chi connectivity index (χ1n) is 8.42. The highest BCUT2D eigenvalue weighted by Crippen LogP contribution is 2.27. The van der Waals surface area contributed by atoms with Crippen LogP contribution in [0.2, 0.25) is 0 Å². The maximum absolute atomic E-state index is 12.0. The average Bonchev–Trinajstić information content (AvgIpc) is 2.46. The number of hydrogen-bond donors (Lipinski definition) is 1. The molecule has 0 spiro atoms. The first-order valence-corrected chi connectivity index (χ1v) is 8.42. The zero-order valence-electron chi connectivity index (χ0n) is 14.5. The van der Waals surface area contributed by atoms with E-state index in [-0.39, 0.29) is 11.3 Å². The van der Waals surface area contributed by atoms with E-state index in [9.17, 15) is 4.79 Å². The zero-order valence-corrected chi connectivity index (χ0v) is 14.5. The van der Waals surface area contributed by atoms with Gasteiger partial charge in [0.15, 0.2) is 0 Å². The second kappa shape index (κ2) is 7.28. The highest BCUT2D eigenvalue weighted by atomic mass is 16.1. The first kappa shape index (κ1) is 17.0. The predicted octanol–water partition coefficient (Wildman–Crippen LogP) is 3.23. The lowest BCUT2D eigenvalue weighted by atomic mass is 9.80. The van der Waals surface area contributed by atoms with E-state index >= 15 is 0 Å². The number of hydrogen-bond acceptors (Lipinski definition) is 2. The van der Waals surface area contributed by atoms with E-state index in [0.29, 0.717) is 12.3 Å². The minimum Gasteiger partial charge on any atom is -0.355 e. The van der Waals surface area contributed by atoms with Crippen LogP contribution in [-0.2, 0) is 17.8 Å². The fraction of sp³-hybridized carbons (Fsp3) is 0.632. The average molecular weight is 302 g/mol. The molecule has 0 bridgehead atoms. The predicted molar refractivity (Wildman–Crippen MR) is 91.7 cm³/mol. The molecule has 3 nitrogen and oxygen atoms in total. The molecule has 0 fully saturated rings. The molecule has 1 unspecified atom stereocenters. The van der Waals surface area contributed by atoms with Gasteiger partial charge in [-0.3, -0.25) is 9.69 Å². The molecule has 122 valence electrons. The van der Waals surface area contributed by atoms with E-state index in [1.807, 2.05) is 0 Å². The molecular formula is C19H30N2O. The Balaban J connectivity index is 1.70. The second-order valence-electron chi connectivity index (χ2n) is 7.62. The van der Waals surface area contributed by atoms with E-state index in [0.717, 1.165) is 32.6 Å². The third kappa shape index (κ3) is 4.84. The summed E-state index contributed by atoms with van der Waals surface area (Å²) in [6.07, 6.45) is 1.73. The van der Waals surface area contributed by atoms with Crippen LogP contribution >= 0.6 is 0 Å². The minimum absolute atomic E-state index is 0.180. The number of benzene rings is 1. The topological polar surface area (TPSA) is 32.3 Å².